The lowest BCUT2D eigenvalue weighted by atomic mass is 9.95. The van der Waals surface area contributed by atoms with Crippen molar-refractivity contribution in [3.8, 4) is 0 Å². The molecule has 0 saturated carbocycles. The summed E-state index contributed by atoms with van der Waals surface area (Å²) in [4.78, 5) is 21.9. The molecule has 0 spiro atoms. The number of nitrogens with one attached hydrogen (secondary N) is 1. The standard InChI is InChI=1S/C15H16N4O/c1-10(2)14(19-6-5-16-9-19)11-3-4-13-12(7-11)8-17-15(20)18-13/h3-10,14H,1-2H3,(H,17,18,20). The van der Waals surface area contributed by atoms with E-state index in [-0.39, 0.29) is 11.7 Å². The summed E-state index contributed by atoms with van der Waals surface area (Å²) < 4.78 is 2.10. The second-order valence-corrected chi connectivity index (χ2v) is 5.23. The maximum Gasteiger partial charge on any atom is 0.345 e. The Hall–Kier alpha value is -2.43. The van der Waals surface area contributed by atoms with E-state index < -0.39 is 0 Å². The number of nitrogens with zero attached hydrogens (tertiary/aromatic N) is 3. The van der Waals surface area contributed by atoms with E-state index in [4.69, 9.17) is 0 Å². The van der Waals surface area contributed by atoms with Gasteiger partial charge in [-0.15, -0.1) is 0 Å². The van der Waals surface area contributed by atoms with E-state index >= 15 is 0 Å². The van der Waals surface area contributed by atoms with Gasteiger partial charge in [0.05, 0.1) is 17.9 Å². The second-order valence-electron chi connectivity index (χ2n) is 5.23. The fourth-order valence-corrected chi connectivity index (χ4v) is 2.60. The zero-order valence-corrected chi connectivity index (χ0v) is 11.4. The van der Waals surface area contributed by atoms with Crippen molar-refractivity contribution in [3.05, 3.63) is 59.2 Å². The largest absolute Gasteiger partial charge is 0.345 e. The Morgan fingerprint density at radius 1 is 1.30 bits per heavy atom. The molecule has 0 bridgehead atoms. The van der Waals surface area contributed by atoms with E-state index in [1.54, 1.807) is 12.4 Å². The molecule has 102 valence electrons. The molecule has 2 aromatic heterocycles. The van der Waals surface area contributed by atoms with E-state index in [0.29, 0.717) is 5.92 Å². The topological polar surface area (TPSA) is 63.6 Å². The van der Waals surface area contributed by atoms with E-state index in [9.17, 15) is 4.79 Å². The summed E-state index contributed by atoms with van der Waals surface area (Å²) in [5, 5.41) is 0.938. The third kappa shape index (κ3) is 2.22. The van der Waals surface area contributed by atoms with Gasteiger partial charge in [-0.1, -0.05) is 19.9 Å². The van der Waals surface area contributed by atoms with Gasteiger partial charge in [-0.05, 0) is 23.6 Å². The Bertz CT molecular complexity index is 774. The number of rotatable bonds is 3. The van der Waals surface area contributed by atoms with Crippen molar-refractivity contribution in [1.82, 2.24) is 19.5 Å². The highest BCUT2D eigenvalue weighted by Crippen LogP contribution is 2.27. The van der Waals surface area contributed by atoms with E-state index in [0.717, 1.165) is 10.9 Å². The van der Waals surface area contributed by atoms with Crippen LogP contribution in [0.25, 0.3) is 10.9 Å². The molecule has 1 N–H and O–H groups in total. The minimum Gasteiger partial charge on any atom is -0.330 e. The van der Waals surface area contributed by atoms with Gasteiger partial charge < -0.3 is 9.55 Å². The number of H-pyrrole nitrogens is 1. The van der Waals surface area contributed by atoms with Crippen LogP contribution in [0.5, 0.6) is 0 Å². The highest BCUT2D eigenvalue weighted by Gasteiger charge is 2.17. The highest BCUT2D eigenvalue weighted by molar-refractivity contribution is 5.78. The highest BCUT2D eigenvalue weighted by atomic mass is 16.1. The Labute approximate surface area is 116 Å². The first-order valence-corrected chi connectivity index (χ1v) is 6.61. The van der Waals surface area contributed by atoms with Crippen molar-refractivity contribution in [1.29, 1.82) is 0 Å². The Morgan fingerprint density at radius 2 is 2.15 bits per heavy atom. The molecule has 0 aliphatic carbocycles. The summed E-state index contributed by atoms with van der Waals surface area (Å²) in [5.74, 6) is 0.428. The molecular formula is C15H16N4O. The third-order valence-electron chi connectivity index (χ3n) is 3.46. The quantitative estimate of drug-likeness (QED) is 0.793. The first-order valence-electron chi connectivity index (χ1n) is 6.61. The Morgan fingerprint density at radius 3 is 2.85 bits per heavy atom. The number of benzene rings is 1. The van der Waals surface area contributed by atoms with Gasteiger partial charge in [-0.2, -0.15) is 0 Å². The fourth-order valence-electron chi connectivity index (χ4n) is 2.60. The molecule has 0 aliphatic heterocycles. The van der Waals surface area contributed by atoms with Crippen molar-refractivity contribution in [2.45, 2.75) is 19.9 Å². The number of aromatic nitrogens is 4. The van der Waals surface area contributed by atoms with Gasteiger partial charge in [0.1, 0.15) is 0 Å². The van der Waals surface area contributed by atoms with Gasteiger partial charge in [0, 0.05) is 24.0 Å². The van der Waals surface area contributed by atoms with Gasteiger partial charge in [0.25, 0.3) is 0 Å². The third-order valence-corrected chi connectivity index (χ3v) is 3.46. The second kappa shape index (κ2) is 4.92. The van der Waals surface area contributed by atoms with Crippen molar-refractivity contribution in [3.63, 3.8) is 0 Å². The van der Waals surface area contributed by atoms with Gasteiger partial charge in [0.2, 0.25) is 0 Å². The summed E-state index contributed by atoms with van der Waals surface area (Å²) in [7, 11) is 0. The molecular weight excluding hydrogens is 252 g/mol. The van der Waals surface area contributed by atoms with Gasteiger partial charge in [0.15, 0.2) is 0 Å². The van der Waals surface area contributed by atoms with Gasteiger partial charge in [-0.3, -0.25) is 0 Å². The van der Waals surface area contributed by atoms with Crippen LogP contribution < -0.4 is 5.69 Å². The van der Waals surface area contributed by atoms with Gasteiger partial charge in [-0.25, -0.2) is 14.8 Å². The summed E-state index contributed by atoms with van der Waals surface area (Å²) in [5.41, 5.74) is 1.67. The molecule has 2 heterocycles. The fraction of sp³-hybridized carbons (Fsp3) is 0.267. The molecule has 0 saturated heterocycles. The molecule has 5 heteroatoms. The van der Waals surface area contributed by atoms with Crippen LogP contribution in [0.2, 0.25) is 0 Å². The summed E-state index contributed by atoms with van der Waals surface area (Å²) in [6.45, 7) is 4.36. The maximum atomic E-state index is 11.2. The van der Waals surface area contributed by atoms with Crippen LogP contribution in [0, 0.1) is 5.92 Å². The predicted octanol–water partition coefficient (Wildman–Crippen LogP) is 2.37. The molecule has 0 fully saturated rings. The Balaban J connectivity index is 2.12. The van der Waals surface area contributed by atoms with Crippen LogP contribution in [-0.4, -0.2) is 19.5 Å². The van der Waals surface area contributed by atoms with Crippen molar-refractivity contribution in [2.24, 2.45) is 5.92 Å². The number of imidazole rings is 1. The van der Waals surface area contributed by atoms with Crippen molar-refractivity contribution in [2.75, 3.05) is 0 Å². The first kappa shape index (κ1) is 12.6. The van der Waals surface area contributed by atoms with Crippen LogP contribution in [0.4, 0.5) is 0 Å². The minimum absolute atomic E-state index is 0.217. The lowest BCUT2D eigenvalue weighted by molar-refractivity contribution is 0.437. The van der Waals surface area contributed by atoms with E-state index in [2.05, 4.69) is 39.4 Å². The summed E-state index contributed by atoms with van der Waals surface area (Å²) in [6.07, 6.45) is 7.21. The molecule has 0 aliphatic rings. The zero-order valence-electron chi connectivity index (χ0n) is 11.4. The Kier molecular flexibility index (Phi) is 3.10. The number of hydrogen-bond acceptors (Lipinski definition) is 3. The molecule has 1 atom stereocenters. The van der Waals surface area contributed by atoms with Crippen LogP contribution in [-0.2, 0) is 0 Å². The smallest absolute Gasteiger partial charge is 0.330 e. The monoisotopic (exact) mass is 268 g/mol. The van der Waals surface area contributed by atoms with Crippen molar-refractivity contribution >= 4 is 10.9 Å². The number of aromatic amines is 1. The molecule has 3 rings (SSSR count). The first-order chi connectivity index (χ1) is 9.65. The average Bonchev–Trinajstić information content (AvgIpc) is 2.92. The molecule has 20 heavy (non-hydrogen) atoms. The minimum atomic E-state index is -0.319. The molecule has 1 unspecified atom stereocenters. The van der Waals surface area contributed by atoms with Gasteiger partial charge >= 0.3 is 5.69 Å². The van der Waals surface area contributed by atoms with Crippen LogP contribution in [0.1, 0.15) is 25.5 Å². The van der Waals surface area contributed by atoms with Crippen LogP contribution in [0.3, 0.4) is 0 Å². The number of hydrogen-bond donors (Lipinski definition) is 1. The predicted molar refractivity (Wildman–Crippen MR) is 77.6 cm³/mol. The van der Waals surface area contributed by atoms with Crippen LogP contribution >= 0.6 is 0 Å². The maximum absolute atomic E-state index is 11.2. The molecule has 5 nitrogen and oxygen atoms in total. The zero-order chi connectivity index (χ0) is 14.1. The summed E-state index contributed by atoms with van der Waals surface area (Å²) >= 11 is 0. The molecule has 3 aromatic rings. The lowest BCUT2D eigenvalue weighted by Crippen LogP contribution is -2.15. The normalized spacial score (nSPS) is 12.9. The summed E-state index contributed by atoms with van der Waals surface area (Å²) in [6, 6.07) is 6.26. The molecule has 0 radical (unpaired) electrons. The number of fused-ring (bicyclic) bond motifs is 1. The molecule has 0 amide bonds. The average molecular weight is 268 g/mol. The SMILES string of the molecule is CC(C)C(c1ccc2[nH]c(=O)ncc2c1)n1ccnc1. The van der Waals surface area contributed by atoms with Crippen molar-refractivity contribution < 1.29 is 0 Å². The van der Waals surface area contributed by atoms with Crippen LogP contribution in [0.15, 0.2) is 47.9 Å². The van der Waals surface area contributed by atoms with E-state index in [1.807, 2.05) is 24.7 Å². The van der Waals surface area contributed by atoms with E-state index in [1.165, 1.54) is 5.56 Å². The lowest BCUT2D eigenvalue weighted by Gasteiger charge is -2.23. The molecule has 1 aromatic carbocycles.